The van der Waals surface area contributed by atoms with E-state index in [1.54, 1.807) is 6.92 Å². The molecule has 0 unspecified atom stereocenters. The molecular formula is C15H12F4N3O3-. The Bertz CT molecular complexity index is 823. The number of rotatable bonds is 6. The molecule has 0 aromatic carbocycles. The van der Waals surface area contributed by atoms with Crippen LogP contribution >= 0.6 is 0 Å². The fourth-order valence-corrected chi connectivity index (χ4v) is 2.04. The first-order valence-electron chi connectivity index (χ1n) is 7.00. The molecule has 0 aliphatic rings. The molecule has 0 aliphatic carbocycles. The molecule has 0 fully saturated rings. The van der Waals surface area contributed by atoms with Crippen LogP contribution in [0.5, 0.6) is 0 Å². The zero-order valence-electron chi connectivity index (χ0n) is 13.1. The number of carboxylic acids is 1. The molecule has 25 heavy (non-hydrogen) atoms. The molecule has 1 N–H and O–H groups in total. The zero-order valence-corrected chi connectivity index (χ0v) is 13.1. The molecule has 0 atom stereocenters. The fraction of sp³-hybridized carbons (Fsp3) is 0.267. The molecule has 0 radical (unpaired) electrons. The van der Waals surface area contributed by atoms with Crippen LogP contribution in [0.3, 0.4) is 0 Å². The maximum Gasteiger partial charge on any atom is 0.254 e. The van der Waals surface area contributed by atoms with Gasteiger partial charge in [0.15, 0.2) is 0 Å². The highest BCUT2D eigenvalue weighted by molar-refractivity contribution is 6.00. The van der Waals surface area contributed by atoms with E-state index in [4.69, 9.17) is 4.42 Å². The van der Waals surface area contributed by atoms with Gasteiger partial charge in [-0.05, 0) is 26.3 Å². The number of hydrazone groups is 1. The van der Waals surface area contributed by atoms with Crippen molar-refractivity contribution in [3.8, 4) is 0 Å². The lowest BCUT2D eigenvalue weighted by molar-refractivity contribution is -0.305. The van der Waals surface area contributed by atoms with Crippen molar-refractivity contribution >= 4 is 17.4 Å². The van der Waals surface area contributed by atoms with Crippen LogP contribution in [0.1, 0.15) is 30.4 Å². The predicted octanol–water partition coefficient (Wildman–Crippen LogP) is 2.06. The van der Waals surface area contributed by atoms with Crippen LogP contribution in [0.15, 0.2) is 15.6 Å². The van der Waals surface area contributed by atoms with Crippen molar-refractivity contribution in [2.24, 2.45) is 5.10 Å². The van der Waals surface area contributed by atoms with Crippen LogP contribution in [0.4, 0.5) is 23.2 Å². The first-order chi connectivity index (χ1) is 11.7. The van der Waals surface area contributed by atoms with Gasteiger partial charge in [0, 0.05) is 18.0 Å². The molecule has 2 rings (SSSR count). The molecule has 2 aromatic rings. The monoisotopic (exact) mass is 358 g/mol. The summed E-state index contributed by atoms with van der Waals surface area (Å²) in [5, 5.41) is 14.1. The number of halogens is 4. The summed E-state index contributed by atoms with van der Waals surface area (Å²) in [6.07, 6.45) is -0.152. The van der Waals surface area contributed by atoms with Crippen molar-refractivity contribution in [2.75, 3.05) is 5.43 Å². The standard InChI is InChI=1S/C15H13F4N3O3/c1-6(9-5-8(25-7(9)2)3-4-10(23)24)21-22-13-11(16)14(18)20-15(19)12(13)17/h5H,3-4H2,1-2H3,(H,20,22)(H,23,24)/p-1/b21-6-. The number of nitrogens with one attached hydrogen (secondary N) is 1. The summed E-state index contributed by atoms with van der Waals surface area (Å²) in [6.45, 7) is 3.03. The zero-order chi connectivity index (χ0) is 18.7. The Morgan fingerprint density at radius 2 is 1.88 bits per heavy atom. The van der Waals surface area contributed by atoms with Gasteiger partial charge in [-0.1, -0.05) is 0 Å². The quantitative estimate of drug-likeness (QED) is 0.369. The van der Waals surface area contributed by atoms with Crippen LogP contribution in [-0.2, 0) is 11.2 Å². The van der Waals surface area contributed by atoms with Gasteiger partial charge in [0.1, 0.15) is 17.2 Å². The van der Waals surface area contributed by atoms with Crippen molar-refractivity contribution in [1.29, 1.82) is 0 Å². The molecular weight excluding hydrogens is 346 g/mol. The Morgan fingerprint density at radius 3 is 2.44 bits per heavy atom. The largest absolute Gasteiger partial charge is 0.550 e. The molecule has 0 saturated carbocycles. The second-order valence-electron chi connectivity index (χ2n) is 5.06. The van der Waals surface area contributed by atoms with Gasteiger partial charge < -0.3 is 14.3 Å². The van der Waals surface area contributed by atoms with Crippen molar-refractivity contribution in [3.63, 3.8) is 0 Å². The topological polar surface area (TPSA) is 90.5 Å². The highest BCUT2D eigenvalue weighted by Gasteiger charge is 2.20. The number of furan rings is 1. The summed E-state index contributed by atoms with van der Waals surface area (Å²) in [7, 11) is 0. The van der Waals surface area contributed by atoms with E-state index >= 15 is 0 Å². The normalized spacial score (nSPS) is 11.7. The molecule has 0 aliphatic heterocycles. The van der Waals surface area contributed by atoms with Gasteiger partial charge in [-0.2, -0.15) is 27.6 Å². The molecule has 0 spiro atoms. The number of aromatic nitrogens is 1. The number of aryl methyl sites for hydroxylation is 2. The molecule has 6 nitrogen and oxygen atoms in total. The number of nitrogens with zero attached hydrogens (tertiary/aromatic N) is 2. The maximum absolute atomic E-state index is 13.5. The second-order valence-corrected chi connectivity index (χ2v) is 5.06. The summed E-state index contributed by atoms with van der Waals surface area (Å²) in [4.78, 5) is 12.9. The number of anilines is 1. The third-order valence-corrected chi connectivity index (χ3v) is 3.27. The van der Waals surface area contributed by atoms with Crippen molar-refractivity contribution in [1.82, 2.24) is 4.98 Å². The van der Waals surface area contributed by atoms with Gasteiger partial charge in [-0.25, -0.2) is 0 Å². The number of carbonyl (C=O) groups is 1. The van der Waals surface area contributed by atoms with E-state index in [0.29, 0.717) is 17.1 Å². The third-order valence-electron chi connectivity index (χ3n) is 3.27. The van der Waals surface area contributed by atoms with Crippen LogP contribution < -0.4 is 10.5 Å². The van der Waals surface area contributed by atoms with Gasteiger partial charge in [0.2, 0.25) is 11.6 Å². The number of hydrogen-bond donors (Lipinski definition) is 1. The van der Waals surface area contributed by atoms with Crippen molar-refractivity contribution < 1.29 is 31.9 Å². The van der Waals surface area contributed by atoms with E-state index in [2.05, 4.69) is 10.1 Å². The summed E-state index contributed by atoms with van der Waals surface area (Å²) < 4.78 is 58.4. The van der Waals surface area contributed by atoms with E-state index in [1.807, 2.05) is 5.43 Å². The van der Waals surface area contributed by atoms with Gasteiger partial charge in [-0.15, -0.1) is 0 Å². The average molecular weight is 358 g/mol. The lowest BCUT2D eigenvalue weighted by Gasteiger charge is -2.06. The number of carbonyl (C=O) groups excluding carboxylic acids is 1. The predicted molar refractivity (Wildman–Crippen MR) is 76.7 cm³/mol. The van der Waals surface area contributed by atoms with Crippen LogP contribution in [0, 0.1) is 30.5 Å². The highest BCUT2D eigenvalue weighted by Crippen LogP contribution is 2.23. The molecule has 0 saturated heterocycles. The average Bonchev–Trinajstić information content (AvgIpc) is 2.92. The Kier molecular flexibility index (Phi) is 5.40. The first-order valence-corrected chi connectivity index (χ1v) is 7.00. The molecule has 10 heteroatoms. The van der Waals surface area contributed by atoms with E-state index in [1.165, 1.54) is 13.0 Å². The highest BCUT2D eigenvalue weighted by atomic mass is 19.2. The molecule has 2 heterocycles. The van der Waals surface area contributed by atoms with E-state index in [-0.39, 0.29) is 18.6 Å². The van der Waals surface area contributed by atoms with Gasteiger partial charge in [-0.3, -0.25) is 5.43 Å². The van der Waals surface area contributed by atoms with Gasteiger partial charge in [0.25, 0.3) is 11.9 Å². The molecule has 0 amide bonds. The number of carboxylic acid groups (broad SMARTS) is 1. The van der Waals surface area contributed by atoms with E-state index in [0.717, 1.165) is 0 Å². The van der Waals surface area contributed by atoms with E-state index in [9.17, 15) is 27.5 Å². The first kappa shape index (κ1) is 18.4. The minimum absolute atomic E-state index is 0.0912. The Labute approximate surface area is 139 Å². The maximum atomic E-state index is 13.5. The number of pyridine rings is 1. The summed E-state index contributed by atoms with van der Waals surface area (Å²) in [6, 6.07) is 1.50. The summed E-state index contributed by atoms with van der Waals surface area (Å²) in [5.41, 5.74) is 1.42. The van der Waals surface area contributed by atoms with Gasteiger partial charge >= 0.3 is 0 Å². The van der Waals surface area contributed by atoms with Gasteiger partial charge in [0.05, 0.1) is 5.71 Å². The van der Waals surface area contributed by atoms with E-state index < -0.39 is 35.2 Å². The molecule has 0 bridgehead atoms. The fourth-order valence-electron chi connectivity index (χ4n) is 2.04. The Morgan fingerprint density at radius 1 is 1.28 bits per heavy atom. The SMILES string of the molecule is C/C(=N/Nc1c(F)c(F)nc(F)c1F)c1cc(CCC(=O)[O-])oc1C. The van der Waals surface area contributed by atoms with Crippen molar-refractivity contribution in [3.05, 3.63) is 46.7 Å². The lowest BCUT2D eigenvalue weighted by Crippen LogP contribution is -2.22. The summed E-state index contributed by atoms with van der Waals surface area (Å²) >= 11 is 0. The Balaban J connectivity index is 2.24. The number of hydrogen-bond acceptors (Lipinski definition) is 6. The third kappa shape index (κ3) is 4.14. The minimum Gasteiger partial charge on any atom is -0.550 e. The molecule has 2 aromatic heterocycles. The minimum atomic E-state index is -1.81. The van der Waals surface area contributed by atoms with Crippen molar-refractivity contribution in [2.45, 2.75) is 26.7 Å². The van der Waals surface area contributed by atoms with Crippen LogP contribution in [0.2, 0.25) is 0 Å². The van der Waals surface area contributed by atoms with Crippen LogP contribution in [0.25, 0.3) is 0 Å². The Hall–Kier alpha value is -2.91. The second kappa shape index (κ2) is 7.32. The number of aliphatic carboxylic acids is 1. The smallest absolute Gasteiger partial charge is 0.254 e. The van der Waals surface area contributed by atoms with Crippen LogP contribution in [-0.4, -0.2) is 16.7 Å². The lowest BCUT2D eigenvalue weighted by atomic mass is 10.1. The molecule has 134 valence electrons. The summed E-state index contributed by atoms with van der Waals surface area (Å²) in [5.74, 6) is -7.55.